The maximum Gasteiger partial charge on any atom is 0.133 e. The fourth-order valence-corrected chi connectivity index (χ4v) is 4.31. The van der Waals surface area contributed by atoms with Gasteiger partial charge in [0.05, 0.1) is 12.0 Å². The molecule has 0 spiro atoms. The molecule has 0 aromatic heterocycles. The number of nitrogens with zero attached hydrogens (tertiary/aromatic N) is 1. The minimum atomic E-state index is 0.296. The first-order valence-electron chi connectivity index (χ1n) is 8.82. The average molecular weight is 359 g/mol. The number of rotatable bonds is 7. The molecule has 0 fully saturated rings. The molecule has 0 amide bonds. The number of ether oxygens (including phenoxy) is 1. The van der Waals surface area contributed by atoms with Gasteiger partial charge in [-0.25, -0.2) is 0 Å². The number of phenolic OH excluding ortho intramolecular Hbond substituents is 1. The summed E-state index contributed by atoms with van der Waals surface area (Å²) < 4.78 is 5.30. The van der Waals surface area contributed by atoms with Crippen LogP contribution in [-0.4, -0.2) is 43.3 Å². The summed E-state index contributed by atoms with van der Waals surface area (Å²) >= 11 is 1.64. The summed E-state index contributed by atoms with van der Waals surface area (Å²) in [4.78, 5) is 4.56. The van der Waals surface area contributed by atoms with Crippen LogP contribution in [-0.2, 0) is 6.42 Å². The summed E-state index contributed by atoms with van der Waals surface area (Å²) in [6, 6.07) is 10.1. The first-order chi connectivity index (χ1) is 12.2. The first kappa shape index (κ1) is 18.0. The number of hydrogen-bond acceptors (Lipinski definition) is 5. The van der Waals surface area contributed by atoms with Crippen LogP contribution in [0.25, 0.3) is 0 Å². The van der Waals surface area contributed by atoms with Crippen molar-refractivity contribution in [3.8, 4) is 11.5 Å². The molecule has 0 atom stereocenters. The maximum absolute atomic E-state index is 10.3. The number of nitrogens with one attached hydrogen (secondary N) is 1. The van der Waals surface area contributed by atoms with E-state index in [2.05, 4.69) is 42.3 Å². The number of fused-ring (bicyclic) bond motifs is 2. The van der Waals surface area contributed by atoms with Gasteiger partial charge in [0.25, 0.3) is 0 Å². The molecule has 0 aliphatic carbocycles. The zero-order valence-electron chi connectivity index (χ0n) is 15.1. The number of aromatic hydroxyl groups is 1. The van der Waals surface area contributed by atoms with Gasteiger partial charge < -0.3 is 20.1 Å². The minimum Gasteiger partial charge on any atom is -0.507 e. The summed E-state index contributed by atoms with van der Waals surface area (Å²) in [5.41, 5.74) is 3.60. The molecule has 1 aliphatic heterocycles. The van der Waals surface area contributed by atoms with Crippen LogP contribution in [0.1, 0.15) is 25.0 Å². The van der Waals surface area contributed by atoms with Gasteiger partial charge >= 0.3 is 0 Å². The SMILES string of the molecule is CCN(CC)CCNc1cccc2c1Cc1cc(OC)cc(O)c1S2. The van der Waals surface area contributed by atoms with Gasteiger partial charge in [0.15, 0.2) is 0 Å². The second-order valence-corrected chi connectivity index (χ2v) is 7.20. The molecular formula is C20H26N2O2S. The molecule has 2 aromatic carbocycles. The van der Waals surface area contributed by atoms with Crippen molar-refractivity contribution in [3.05, 3.63) is 41.5 Å². The van der Waals surface area contributed by atoms with Crippen LogP contribution in [0.3, 0.4) is 0 Å². The van der Waals surface area contributed by atoms with E-state index in [4.69, 9.17) is 4.74 Å². The monoisotopic (exact) mass is 358 g/mol. The predicted molar refractivity (Wildman–Crippen MR) is 104 cm³/mol. The molecule has 0 bridgehead atoms. The van der Waals surface area contributed by atoms with Crippen molar-refractivity contribution in [2.75, 3.05) is 38.6 Å². The first-order valence-corrected chi connectivity index (χ1v) is 9.63. The summed E-state index contributed by atoms with van der Waals surface area (Å²) in [7, 11) is 1.63. The van der Waals surface area contributed by atoms with Crippen molar-refractivity contribution in [3.63, 3.8) is 0 Å². The fourth-order valence-electron chi connectivity index (χ4n) is 3.21. The zero-order chi connectivity index (χ0) is 17.8. The van der Waals surface area contributed by atoms with Crippen LogP contribution < -0.4 is 10.1 Å². The Hall–Kier alpha value is -1.85. The number of methoxy groups -OCH3 is 1. The Kier molecular flexibility index (Phi) is 5.76. The molecule has 3 rings (SSSR count). The third kappa shape index (κ3) is 3.88. The van der Waals surface area contributed by atoms with E-state index in [0.717, 1.165) is 43.1 Å². The van der Waals surface area contributed by atoms with Gasteiger partial charge in [0, 0.05) is 36.2 Å². The molecule has 0 saturated carbocycles. The number of anilines is 1. The number of benzene rings is 2. The van der Waals surface area contributed by atoms with Crippen molar-refractivity contribution >= 4 is 17.4 Å². The standard InChI is InChI=1S/C20H26N2O2S/c1-4-22(5-2)10-9-21-17-7-6-8-19-16(17)12-14-11-15(24-3)13-18(23)20(14)25-19/h6-8,11,13,21,23H,4-5,9-10,12H2,1-3H3. The van der Waals surface area contributed by atoms with Gasteiger partial charge in [-0.1, -0.05) is 31.7 Å². The summed E-state index contributed by atoms with van der Waals surface area (Å²) in [6.45, 7) is 8.51. The number of phenols is 1. The summed E-state index contributed by atoms with van der Waals surface area (Å²) in [5, 5.41) is 13.9. The van der Waals surface area contributed by atoms with E-state index in [1.807, 2.05) is 6.07 Å². The van der Waals surface area contributed by atoms with Gasteiger partial charge in [-0.15, -0.1) is 0 Å². The van der Waals surface area contributed by atoms with Crippen LogP contribution in [0.4, 0.5) is 5.69 Å². The van der Waals surface area contributed by atoms with Gasteiger partial charge in [-0.2, -0.15) is 0 Å². The highest BCUT2D eigenvalue weighted by molar-refractivity contribution is 7.99. The minimum absolute atomic E-state index is 0.296. The van der Waals surface area contributed by atoms with E-state index in [0.29, 0.717) is 11.5 Å². The van der Waals surface area contributed by atoms with E-state index < -0.39 is 0 Å². The van der Waals surface area contributed by atoms with Gasteiger partial charge in [-0.3, -0.25) is 0 Å². The third-order valence-corrected chi connectivity index (χ3v) is 5.98. The van der Waals surface area contributed by atoms with Crippen LogP contribution >= 0.6 is 11.8 Å². The highest BCUT2D eigenvalue weighted by Crippen LogP contribution is 2.47. The Bertz CT molecular complexity index is 745. The lowest BCUT2D eigenvalue weighted by Gasteiger charge is -2.24. The molecule has 5 heteroatoms. The van der Waals surface area contributed by atoms with Crippen molar-refractivity contribution in [1.29, 1.82) is 0 Å². The topological polar surface area (TPSA) is 44.7 Å². The molecule has 134 valence electrons. The normalized spacial score (nSPS) is 12.6. The molecule has 0 saturated heterocycles. The molecule has 2 N–H and O–H groups in total. The van der Waals surface area contributed by atoms with Gasteiger partial charge in [-0.05, 0) is 42.4 Å². The quantitative estimate of drug-likeness (QED) is 0.662. The second-order valence-electron chi connectivity index (χ2n) is 6.15. The van der Waals surface area contributed by atoms with Crippen LogP contribution in [0, 0.1) is 0 Å². The summed E-state index contributed by atoms with van der Waals surface area (Å²) in [6.07, 6.45) is 0.802. The molecule has 0 unspecified atom stereocenters. The van der Waals surface area contributed by atoms with Crippen molar-refractivity contribution in [2.24, 2.45) is 0 Å². The molecule has 0 radical (unpaired) electrons. The molecule has 2 aromatic rings. The van der Waals surface area contributed by atoms with Gasteiger partial charge in [0.1, 0.15) is 11.5 Å². The molecule has 25 heavy (non-hydrogen) atoms. The van der Waals surface area contributed by atoms with Gasteiger partial charge in [0.2, 0.25) is 0 Å². The highest BCUT2D eigenvalue weighted by Gasteiger charge is 2.22. The van der Waals surface area contributed by atoms with Crippen LogP contribution in [0.2, 0.25) is 0 Å². The predicted octanol–water partition coefficient (Wildman–Crippen LogP) is 4.21. The van der Waals surface area contributed by atoms with E-state index in [1.54, 1.807) is 24.9 Å². The zero-order valence-corrected chi connectivity index (χ0v) is 15.9. The average Bonchev–Trinajstić information content (AvgIpc) is 2.64. The Labute approximate surface area is 154 Å². The maximum atomic E-state index is 10.3. The lowest BCUT2D eigenvalue weighted by molar-refractivity contribution is 0.316. The molecular weight excluding hydrogens is 332 g/mol. The molecule has 1 heterocycles. The smallest absolute Gasteiger partial charge is 0.133 e. The summed E-state index contributed by atoms with van der Waals surface area (Å²) in [5.74, 6) is 0.997. The van der Waals surface area contributed by atoms with E-state index in [1.165, 1.54) is 16.1 Å². The number of likely N-dealkylation sites (N-methyl/N-ethyl adjacent to an activating group) is 1. The van der Waals surface area contributed by atoms with E-state index in [9.17, 15) is 5.11 Å². The van der Waals surface area contributed by atoms with E-state index in [-0.39, 0.29) is 0 Å². The third-order valence-electron chi connectivity index (χ3n) is 4.71. The molecule has 1 aliphatic rings. The van der Waals surface area contributed by atoms with E-state index >= 15 is 0 Å². The fraction of sp³-hybridized carbons (Fsp3) is 0.400. The Balaban J connectivity index is 1.80. The largest absolute Gasteiger partial charge is 0.507 e. The Morgan fingerprint density at radius 1 is 1.24 bits per heavy atom. The van der Waals surface area contributed by atoms with Crippen molar-refractivity contribution < 1.29 is 9.84 Å². The Morgan fingerprint density at radius 2 is 2.04 bits per heavy atom. The highest BCUT2D eigenvalue weighted by atomic mass is 32.2. The molecule has 4 nitrogen and oxygen atoms in total. The van der Waals surface area contributed by atoms with Crippen molar-refractivity contribution in [2.45, 2.75) is 30.1 Å². The Morgan fingerprint density at radius 3 is 2.76 bits per heavy atom. The number of hydrogen-bond donors (Lipinski definition) is 2. The lowest BCUT2D eigenvalue weighted by Crippen LogP contribution is -2.28. The lowest BCUT2D eigenvalue weighted by atomic mass is 10.0. The van der Waals surface area contributed by atoms with Crippen LogP contribution in [0.15, 0.2) is 40.1 Å². The van der Waals surface area contributed by atoms with Crippen LogP contribution in [0.5, 0.6) is 11.5 Å². The second kappa shape index (κ2) is 8.02. The van der Waals surface area contributed by atoms with Crippen molar-refractivity contribution in [1.82, 2.24) is 4.90 Å².